The van der Waals surface area contributed by atoms with E-state index >= 15 is 0 Å². The number of aliphatic carboxylic acids is 1. The molecule has 3 rings (SSSR count). The maximum Gasteiger partial charge on any atom is 0.418 e. The van der Waals surface area contributed by atoms with Crippen molar-refractivity contribution in [2.45, 2.75) is 19.0 Å². The Kier molecular flexibility index (Phi) is 5.93. The van der Waals surface area contributed by atoms with Gasteiger partial charge in [0.1, 0.15) is 0 Å². The number of nitrogens with zero attached hydrogens (tertiary/aromatic N) is 1. The lowest BCUT2D eigenvalue weighted by Crippen LogP contribution is -2.37. The molecule has 2 aliphatic rings. The molecule has 28 heavy (non-hydrogen) atoms. The second-order valence-electron chi connectivity index (χ2n) is 6.81. The first kappa shape index (κ1) is 20.2. The number of benzene rings is 1. The lowest BCUT2D eigenvalue weighted by Gasteiger charge is -2.31. The summed E-state index contributed by atoms with van der Waals surface area (Å²) in [7, 11) is 0. The molecule has 1 aliphatic carbocycles. The number of carbonyl (C=O) groups is 2. The maximum atomic E-state index is 13.6. The van der Waals surface area contributed by atoms with Crippen molar-refractivity contribution >= 4 is 23.3 Å². The van der Waals surface area contributed by atoms with Gasteiger partial charge in [-0.25, -0.2) is 0 Å². The highest BCUT2D eigenvalue weighted by atomic mass is 19.4. The number of carboxylic acid groups (broad SMARTS) is 1. The highest BCUT2D eigenvalue weighted by Gasteiger charge is 2.37. The first-order chi connectivity index (χ1) is 13.3. The molecule has 2 N–H and O–H groups in total. The van der Waals surface area contributed by atoms with Gasteiger partial charge in [0.05, 0.1) is 30.6 Å². The van der Waals surface area contributed by atoms with Crippen molar-refractivity contribution in [1.82, 2.24) is 0 Å². The van der Waals surface area contributed by atoms with E-state index in [1.165, 1.54) is 12.1 Å². The average Bonchev–Trinajstić information content (AvgIpc) is 2.68. The summed E-state index contributed by atoms with van der Waals surface area (Å²) in [5.74, 6) is -3.40. The molecule has 152 valence electrons. The fourth-order valence-electron chi connectivity index (χ4n) is 3.53. The molecule has 1 amide bonds. The summed E-state index contributed by atoms with van der Waals surface area (Å²) >= 11 is 0. The molecule has 0 saturated carbocycles. The van der Waals surface area contributed by atoms with Crippen LogP contribution in [0.2, 0.25) is 0 Å². The van der Waals surface area contributed by atoms with Crippen molar-refractivity contribution in [1.29, 1.82) is 0 Å². The van der Waals surface area contributed by atoms with E-state index in [2.05, 4.69) is 5.32 Å². The van der Waals surface area contributed by atoms with E-state index in [0.29, 0.717) is 26.3 Å². The van der Waals surface area contributed by atoms with E-state index < -0.39 is 35.5 Å². The summed E-state index contributed by atoms with van der Waals surface area (Å²) in [5, 5.41) is 11.7. The van der Waals surface area contributed by atoms with Gasteiger partial charge < -0.3 is 20.1 Å². The van der Waals surface area contributed by atoms with Gasteiger partial charge >= 0.3 is 12.1 Å². The molecule has 1 aliphatic heterocycles. The van der Waals surface area contributed by atoms with Gasteiger partial charge in [-0.15, -0.1) is 0 Å². The second-order valence-corrected chi connectivity index (χ2v) is 6.81. The number of allylic oxidation sites excluding steroid dienone is 2. The van der Waals surface area contributed by atoms with Crippen molar-refractivity contribution in [3.05, 3.63) is 35.9 Å². The number of hydrogen-bond acceptors (Lipinski definition) is 4. The van der Waals surface area contributed by atoms with Crippen LogP contribution in [0, 0.1) is 11.8 Å². The van der Waals surface area contributed by atoms with Crippen LogP contribution in [0.15, 0.2) is 30.4 Å². The number of ether oxygens (including phenoxy) is 1. The molecule has 1 aromatic rings. The molecule has 0 spiro atoms. The topological polar surface area (TPSA) is 78.9 Å². The predicted molar refractivity (Wildman–Crippen MR) is 96.1 cm³/mol. The third kappa shape index (κ3) is 4.46. The largest absolute Gasteiger partial charge is 0.481 e. The lowest BCUT2D eigenvalue weighted by atomic mass is 9.82. The Bertz CT molecular complexity index is 773. The molecule has 1 saturated heterocycles. The summed E-state index contributed by atoms with van der Waals surface area (Å²) in [6, 6.07) is 3.64. The first-order valence-electron chi connectivity index (χ1n) is 9.00. The third-order valence-electron chi connectivity index (χ3n) is 5.01. The van der Waals surface area contributed by atoms with E-state index in [4.69, 9.17) is 4.74 Å². The van der Waals surface area contributed by atoms with Gasteiger partial charge in [0, 0.05) is 24.5 Å². The van der Waals surface area contributed by atoms with Gasteiger partial charge in [0.25, 0.3) is 0 Å². The van der Waals surface area contributed by atoms with Crippen molar-refractivity contribution in [3.63, 3.8) is 0 Å². The van der Waals surface area contributed by atoms with Crippen LogP contribution in [-0.4, -0.2) is 43.3 Å². The quantitative estimate of drug-likeness (QED) is 0.762. The smallest absolute Gasteiger partial charge is 0.418 e. The summed E-state index contributed by atoms with van der Waals surface area (Å²) in [6.45, 7) is 1.40. The Morgan fingerprint density at radius 3 is 2.36 bits per heavy atom. The van der Waals surface area contributed by atoms with E-state index in [1.807, 2.05) is 0 Å². The molecular formula is C19H21F3N2O4. The highest BCUT2D eigenvalue weighted by molar-refractivity contribution is 5.95. The van der Waals surface area contributed by atoms with E-state index in [-0.39, 0.29) is 24.2 Å². The zero-order valence-electron chi connectivity index (χ0n) is 15.0. The van der Waals surface area contributed by atoms with E-state index in [0.717, 1.165) is 6.07 Å². The minimum atomic E-state index is -4.59. The lowest BCUT2D eigenvalue weighted by molar-refractivity contribution is -0.146. The number of nitrogens with one attached hydrogen (secondary N) is 1. The minimum Gasteiger partial charge on any atom is -0.481 e. The van der Waals surface area contributed by atoms with Crippen LogP contribution >= 0.6 is 0 Å². The Labute approximate surface area is 160 Å². The molecule has 0 aromatic heterocycles. The number of anilines is 2. The van der Waals surface area contributed by atoms with Crippen LogP contribution in [0.5, 0.6) is 0 Å². The first-order valence-corrected chi connectivity index (χ1v) is 9.00. The molecule has 2 atom stereocenters. The number of halogens is 3. The van der Waals surface area contributed by atoms with Gasteiger partial charge in [-0.1, -0.05) is 12.2 Å². The van der Waals surface area contributed by atoms with Crippen molar-refractivity contribution in [2.75, 3.05) is 36.5 Å². The minimum absolute atomic E-state index is 0.00646. The number of rotatable bonds is 4. The molecule has 1 fully saturated rings. The molecule has 1 aromatic carbocycles. The third-order valence-corrected chi connectivity index (χ3v) is 5.01. The van der Waals surface area contributed by atoms with Crippen LogP contribution < -0.4 is 10.2 Å². The molecule has 0 unspecified atom stereocenters. The Morgan fingerprint density at radius 1 is 1.11 bits per heavy atom. The molecule has 0 bridgehead atoms. The summed E-state index contributed by atoms with van der Waals surface area (Å²) in [4.78, 5) is 25.5. The van der Waals surface area contributed by atoms with Crippen LogP contribution in [0.4, 0.5) is 24.5 Å². The zero-order valence-corrected chi connectivity index (χ0v) is 15.0. The van der Waals surface area contributed by atoms with Gasteiger partial charge in [0.15, 0.2) is 0 Å². The van der Waals surface area contributed by atoms with E-state index in [9.17, 15) is 27.9 Å². The number of alkyl halides is 3. The number of carbonyl (C=O) groups excluding carboxylic acids is 1. The number of morpholine rings is 1. The molecule has 9 heteroatoms. The molecule has 1 heterocycles. The Balaban J connectivity index is 1.83. The molecular weight excluding hydrogens is 377 g/mol. The van der Waals surface area contributed by atoms with Crippen LogP contribution in [0.3, 0.4) is 0 Å². The fraction of sp³-hybridized carbons (Fsp3) is 0.474. The zero-order chi connectivity index (χ0) is 20.3. The summed E-state index contributed by atoms with van der Waals surface area (Å²) < 4.78 is 45.9. The second kappa shape index (κ2) is 8.22. The normalized spacial score (nSPS) is 22.8. The van der Waals surface area contributed by atoms with Crippen molar-refractivity contribution < 1.29 is 32.6 Å². The predicted octanol–water partition coefficient (Wildman–Crippen LogP) is 3.15. The SMILES string of the molecule is O=C(O)[C@@H]1CC=CC[C@H]1C(=O)Nc1ccc(N2CCOCC2)c(C(F)(F)F)c1. The maximum absolute atomic E-state index is 13.6. The number of amides is 1. The van der Waals surface area contributed by atoms with Gasteiger partial charge in [-0.05, 0) is 31.0 Å². The monoisotopic (exact) mass is 398 g/mol. The van der Waals surface area contributed by atoms with Crippen molar-refractivity contribution in [2.24, 2.45) is 11.8 Å². The van der Waals surface area contributed by atoms with E-state index in [1.54, 1.807) is 17.1 Å². The Hall–Kier alpha value is -2.55. The highest BCUT2D eigenvalue weighted by Crippen LogP contribution is 2.39. The van der Waals surface area contributed by atoms with Gasteiger partial charge in [-0.2, -0.15) is 13.2 Å². The number of carboxylic acids is 1. The van der Waals surface area contributed by atoms with Crippen LogP contribution in [-0.2, 0) is 20.5 Å². The van der Waals surface area contributed by atoms with Gasteiger partial charge in [-0.3, -0.25) is 9.59 Å². The summed E-state index contributed by atoms with van der Waals surface area (Å²) in [5.41, 5.74) is -0.809. The van der Waals surface area contributed by atoms with Crippen LogP contribution in [0.1, 0.15) is 18.4 Å². The Morgan fingerprint density at radius 2 is 1.75 bits per heavy atom. The molecule has 6 nitrogen and oxygen atoms in total. The molecule has 0 radical (unpaired) electrons. The standard InChI is InChI=1S/C19H21F3N2O4/c20-19(21,22)15-11-12(5-6-16(15)24-7-9-28-10-8-24)23-17(25)13-3-1-2-4-14(13)18(26)27/h1-2,5-6,11,13-14H,3-4,7-10H2,(H,23,25)(H,26,27)/t13-,14-/m1/s1. The average molecular weight is 398 g/mol. The van der Waals surface area contributed by atoms with Gasteiger partial charge in [0.2, 0.25) is 5.91 Å². The summed E-state index contributed by atoms with van der Waals surface area (Å²) in [6.07, 6.45) is -0.725. The van der Waals surface area contributed by atoms with Crippen LogP contribution in [0.25, 0.3) is 0 Å². The fourth-order valence-corrected chi connectivity index (χ4v) is 3.53. The van der Waals surface area contributed by atoms with Crippen molar-refractivity contribution in [3.8, 4) is 0 Å². The number of hydrogen-bond donors (Lipinski definition) is 2.